The van der Waals surface area contributed by atoms with Gasteiger partial charge in [-0.3, -0.25) is 0 Å². The molecule has 9 rings (SSSR count). The number of morpholine rings is 1. The summed E-state index contributed by atoms with van der Waals surface area (Å²) >= 11 is 0. The molecule has 0 N–H and O–H groups in total. The molecule has 0 aromatic heterocycles. The quantitative estimate of drug-likeness (QED) is 0.201. The third kappa shape index (κ3) is 4.50. The van der Waals surface area contributed by atoms with Gasteiger partial charge in [-0.2, -0.15) is 0 Å². The van der Waals surface area contributed by atoms with E-state index in [2.05, 4.69) is 121 Å². The van der Waals surface area contributed by atoms with Gasteiger partial charge in [0.25, 0.3) is 0 Å². The Labute approximate surface area is 278 Å². The number of hydrogen-bond donors (Lipinski definition) is 0. The molecule has 5 aromatic rings. The van der Waals surface area contributed by atoms with Crippen molar-refractivity contribution < 1.29 is 9.47 Å². The smallest absolute Gasteiger partial charge is 0.178 e. The minimum absolute atomic E-state index is 0.00543. The maximum Gasteiger partial charge on any atom is 0.178 e. The molecule has 4 aliphatic rings. The van der Waals surface area contributed by atoms with Gasteiger partial charge in [0.1, 0.15) is 5.75 Å². The zero-order valence-corrected chi connectivity index (χ0v) is 27.4. The summed E-state index contributed by atoms with van der Waals surface area (Å²) in [5, 5.41) is 2.51. The van der Waals surface area contributed by atoms with Gasteiger partial charge in [0.2, 0.25) is 0 Å². The van der Waals surface area contributed by atoms with Crippen LogP contribution in [0.1, 0.15) is 78.3 Å². The van der Waals surface area contributed by atoms with Crippen LogP contribution >= 0.6 is 0 Å². The summed E-state index contributed by atoms with van der Waals surface area (Å²) < 4.78 is 13.2. The van der Waals surface area contributed by atoms with Crippen LogP contribution in [0.25, 0.3) is 28.0 Å². The largest absolute Gasteiger partial charge is 0.472 e. The molecule has 5 aromatic carbocycles. The van der Waals surface area contributed by atoms with Gasteiger partial charge in [-0.05, 0) is 65.6 Å². The summed E-state index contributed by atoms with van der Waals surface area (Å²) in [5.41, 5.74) is 11.3. The number of ether oxygens (including phenoxy) is 2. The van der Waals surface area contributed by atoms with Crippen LogP contribution in [-0.4, -0.2) is 26.3 Å². The average molecular weight is 618 g/mol. The summed E-state index contributed by atoms with van der Waals surface area (Å²) in [7, 11) is 0. The van der Waals surface area contributed by atoms with Gasteiger partial charge in [-0.15, -0.1) is 0 Å². The molecular formula is C44H43NO2. The van der Waals surface area contributed by atoms with Gasteiger partial charge in [-0.25, -0.2) is 0 Å². The topological polar surface area (TPSA) is 21.7 Å². The lowest BCUT2D eigenvalue weighted by Gasteiger charge is -2.40. The van der Waals surface area contributed by atoms with E-state index >= 15 is 0 Å². The maximum atomic E-state index is 7.61. The summed E-state index contributed by atoms with van der Waals surface area (Å²) in [6.45, 7) is 5.66. The van der Waals surface area contributed by atoms with Crippen molar-refractivity contribution >= 4 is 22.5 Å². The molecule has 1 atom stereocenters. The molecule has 1 spiro atoms. The van der Waals surface area contributed by atoms with E-state index in [1.54, 1.807) is 5.56 Å². The fourth-order valence-corrected chi connectivity index (χ4v) is 9.21. The van der Waals surface area contributed by atoms with E-state index < -0.39 is 5.60 Å². The second-order valence-corrected chi connectivity index (χ2v) is 14.1. The number of anilines is 1. The number of hydrogen-bond acceptors (Lipinski definition) is 3. The highest BCUT2D eigenvalue weighted by atomic mass is 16.5. The van der Waals surface area contributed by atoms with Crippen LogP contribution in [-0.2, 0) is 15.8 Å². The fourth-order valence-electron chi connectivity index (χ4n) is 9.21. The third-order valence-corrected chi connectivity index (χ3v) is 11.5. The SMILES string of the molecule is Cc1ccc2c(c1)C1(CCCCCCC1)c1c3c(c4ccccc4c1-2)OC(c1ccccc1)(c1ccc(N2CCOCC2)cc1)C=C3. The molecule has 0 radical (unpaired) electrons. The molecule has 236 valence electrons. The zero-order chi connectivity index (χ0) is 31.4. The van der Waals surface area contributed by atoms with Gasteiger partial charge in [0.05, 0.1) is 13.2 Å². The summed E-state index contributed by atoms with van der Waals surface area (Å²) in [4.78, 5) is 2.42. The normalized spacial score (nSPS) is 21.4. The van der Waals surface area contributed by atoms with E-state index in [0.29, 0.717) is 0 Å². The Morgan fingerprint density at radius 3 is 2.13 bits per heavy atom. The molecule has 2 heterocycles. The molecule has 2 aliphatic heterocycles. The minimum Gasteiger partial charge on any atom is -0.472 e. The number of rotatable bonds is 3. The minimum atomic E-state index is -0.745. The van der Waals surface area contributed by atoms with Gasteiger partial charge in [-0.1, -0.05) is 129 Å². The molecule has 47 heavy (non-hydrogen) atoms. The van der Waals surface area contributed by atoms with Crippen molar-refractivity contribution in [3.05, 3.63) is 137 Å². The van der Waals surface area contributed by atoms with Crippen LogP contribution in [0.4, 0.5) is 5.69 Å². The van der Waals surface area contributed by atoms with Crippen LogP contribution in [0.3, 0.4) is 0 Å². The van der Waals surface area contributed by atoms with Gasteiger partial charge in [0, 0.05) is 46.3 Å². The average Bonchev–Trinajstić information content (AvgIpc) is 3.40. The molecule has 1 saturated carbocycles. The van der Waals surface area contributed by atoms with Crippen LogP contribution in [0, 0.1) is 6.92 Å². The second-order valence-electron chi connectivity index (χ2n) is 14.1. The van der Waals surface area contributed by atoms with E-state index in [0.717, 1.165) is 43.2 Å². The van der Waals surface area contributed by atoms with Crippen molar-refractivity contribution in [2.75, 3.05) is 31.2 Å². The first kappa shape index (κ1) is 28.8. The van der Waals surface area contributed by atoms with Crippen molar-refractivity contribution in [3.8, 4) is 16.9 Å². The number of fused-ring (bicyclic) bond motifs is 10. The Bertz CT molecular complexity index is 1980. The van der Waals surface area contributed by atoms with Gasteiger partial charge < -0.3 is 14.4 Å². The highest BCUT2D eigenvalue weighted by Crippen LogP contribution is 2.61. The Morgan fingerprint density at radius 1 is 0.681 bits per heavy atom. The highest BCUT2D eigenvalue weighted by Gasteiger charge is 2.48. The molecule has 1 unspecified atom stereocenters. The van der Waals surface area contributed by atoms with Gasteiger partial charge >= 0.3 is 0 Å². The third-order valence-electron chi connectivity index (χ3n) is 11.5. The van der Waals surface area contributed by atoms with E-state index in [4.69, 9.17) is 9.47 Å². The predicted molar refractivity (Wildman–Crippen MR) is 194 cm³/mol. The Morgan fingerprint density at radius 2 is 1.36 bits per heavy atom. The van der Waals surface area contributed by atoms with Crippen molar-refractivity contribution in [2.24, 2.45) is 0 Å². The van der Waals surface area contributed by atoms with E-state index in [-0.39, 0.29) is 5.41 Å². The lowest BCUT2D eigenvalue weighted by Crippen LogP contribution is -2.37. The van der Waals surface area contributed by atoms with E-state index in [1.165, 1.54) is 89.2 Å². The first-order valence-electron chi connectivity index (χ1n) is 17.8. The van der Waals surface area contributed by atoms with E-state index in [1.807, 2.05) is 0 Å². The second kappa shape index (κ2) is 11.4. The number of nitrogens with zero attached hydrogens (tertiary/aromatic N) is 1. The van der Waals surface area contributed by atoms with Gasteiger partial charge in [0.15, 0.2) is 5.60 Å². The first-order chi connectivity index (χ1) is 23.2. The number of benzene rings is 5. The lowest BCUT2D eigenvalue weighted by atomic mass is 9.67. The molecule has 1 saturated heterocycles. The Kier molecular flexibility index (Phi) is 7.01. The van der Waals surface area contributed by atoms with Crippen molar-refractivity contribution in [3.63, 3.8) is 0 Å². The summed E-state index contributed by atoms with van der Waals surface area (Å²) in [6, 6.07) is 36.1. The fraction of sp³-hybridized carbons (Fsp3) is 0.318. The molecule has 2 fully saturated rings. The van der Waals surface area contributed by atoms with Crippen LogP contribution in [0.5, 0.6) is 5.75 Å². The Hall–Kier alpha value is -4.34. The monoisotopic (exact) mass is 617 g/mol. The zero-order valence-electron chi connectivity index (χ0n) is 27.4. The van der Waals surface area contributed by atoms with Crippen LogP contribution in [0.15, 0.2) is 103 Å². The Balaban J connectivity index is 1.27. The molecule has 3 heteroatoms. The summed E-state index contributed by atoms with van der Waals surface area (Å²) in [6.07, 6.45) is 13.7. The van der Waals surface area contributed by atoms with E-state index in [9.17, 15) is 0 Å². The number of aryl methyl sites for hydroxylation is 1. The predicted octanol–water partition coefficient (Wildman–Crippen LogP) is 10.3. The molecule has 0 amide bonds. The van der Waals surface area contributed by atoms with Crippen LogP contribution < -0.4 is 9.64 Å². The first-order valence-corrected chi connectivity index (χ1v) is 17.8. The molecule has 3 nitrogen and oxygen atoms in total. The lowest BCUT2D eigenvalue weighted by molar-refractivity contribution is 0.122. The highest BCUT2D eigenvalue weighted by molar-refractivity contribution is 6.08. The van der Waals surface area contributed by atoms with Crippen molar-refractivity contribution in [1.82, 2.24) is 0 Å². The van der Waals surface area contributed by atoms with Crippen LogP contribution in [0.2, 0.25) is 0 Å². The maximum absolute atomic E-state index is 7.61. The molecule has 0 bridgehead atoms. The standard InChI is InChI=1S/C44H43NO2/c1-31-16-21-37-39(30-31)43(23-10-3-2-4-11-24-43)41-38-22-25-44(32-12-6-5-7-13-32,47-42(38)36-15-9-8-14-35(36)40(37)41)33-17-19-34(20-18-33)45-26-28-46-29-27-45/h5-9,12-22,25,30H,2-4,10-11,23-24,26-29H2,1H3. The van der Waals surface area contributed by atoms with Crippen molar-refractivity contribution in [2.45, 2.75) is 62.9 Å². The molecule has 2 aliphatic carbocycles. The van der Waals surface area contributed by atoms with Crippen molar-refractivity contribution in [1.29, 1.82) is 0 Å². The summed E-state index contributed by atoms with van der Waals surface area (Å²) in [5.74, 6) is 1.02. The molecular weight excluding hydrogens is 574 g/mol.